The average molecular weight is 367 g/mol. The topological polar surface area (TPSA) is 60.9 Å². The van der Waals surface area contributed by atoms with Crippen molar-refractivity contribution in [2.75, 3.05) is 0 Å². The standard InChI is InChI=1S/C11H7BrN6S2/c1-17-5-6(4-13-17)9-14-15-11-18(9)16-10(20-11)7-2-3-8(12)19-7/h2-5H,1H3. The molecule has 20 heavy (non-hydrogen) atoms. The van der Waals surface area contributed by atoms with Crippen molar-refractivity contribution >= 4 is 43.6 Å². The fourth-order valence-electron chi connectivity index (χ4n) is 1.86. The minimum atomic E-state index is 0.714. The van der Waals surface area contributed by atoms with Crippen molar-refractivity contribution in [3.63, 3.8) is 0 Å². The molecule has 0 saturated heterocycles. The molecule has 4 aromatic heterocycles. The van der Waals surface area contributed by atoms with Crippen LogP contribution in [0.1, 0.15) is 0 Å². The van der Waals surface area contributed by atoms with E-state index in [1.807, 2.05) is 25.4 Å². The van der Waals surface area contributed by atoms with Crippen molar-refractivity contribution in [2.45, 2.75) is 0 Å². The van der Waals surface area contributed by atoms with Crippen molar-refractivity contribution in [3.8, 4) is 21.3 Å². The first-order valence-electron chi connectivity index (χ1n) is 5.68. The van der Waals surface area contributed by atoms with Crippen LogP contribution in [0.15, 0.2) is 28.3 Å². The molecule has 0 aliphatic rings. The second-order valence-electron chi connectivity index (χ2n) is 4.13. The lowest BCUT2D eigenvalue weighted by Gasteiger charge is -1.90. The normalized spacial score (nSPS) is 11.5. The van der Waals surface area contributed by atoms with Gasteiger partial charge in [-0.25, -0.2) is 0 Å². The van der Waals surface area contributed by atoms with E-state index in [4.69, 9.17) is 0 Å². The van der Waals surface area contributed by atoms with Gasteiger partial charge in [0.25, 0.3) is 0 Å². The van der Waals surface area contributed by atoms with E-state index in [2.05, 4.69) is 36.3 Å². The number of halogens is 1. The van der Waals surface area contributed by atoms with Gasteiger partial charge in [0.2, 0.25) is 4.96 Å². The van der Waals surface area contributed by atoms with Gasteiger partial charge in [0, 0.05) is 13.2 Å². The molecular weight excluding hydrogens is 360 g/mol. The number of nitrogens with zero attached hydrogens (tertiary/aromatic N) is 6. The minimum absolute atomic E-state index is 0.714. The van der Waals surface area contributed by atoms with Crippen LogP contribution in [-0.4, -0.2) is 29.6 Å². The number of hydrogen-bond acceptors (Lipinski definition) is 6. The zero-order valence-electron chi connectivity index (χ0n) is 10.2. The molecule has 0 fully saturated rings. The smallest absolute Gasteiger partial charge is 0.235 e. The van der Waals surface area contributed by atoms with Gasteiger partial charge in [0.15, 0.2) is 10.8 Å². The third-order valence-corrected chi connectivity index (χ3v) is 5.43. The summed E-state index contributed by atoms with van der Waals surface area (Å²) in [4.78, 5) is 1.90. The highest BCUT2D eigenvalue weighted by Crippen LogP contribution is 2.34. The maximum absolute atomic E-state index is 4.60. The molecule has 0 bridgehead atoms. The van der Waals surface area contributed by atoms with E-state index in [1.54, 1.807) is 26.7 Å². The number of fused-ring (bicyclic) bond motifs is 1. The molecule has 6 nitrogen and oxygen atoms in total. The van der Waals surface area contributed by atoms with Gasteiger partial charge in [0.1, 0.15) is 0 Å². The summed E-state index contributed by atoms with van der Waals surface area (Å²) < 4.78 is 4.59. The summed E-state index contributed by atoms with van der Waals surface area (Å²) >= 11 is 6.65. The zero-order chi connectivity index (χ0) is 13.7. The summed E-state index contributed by atoms with van der Waals surface area (Å²) in [6.07, 6.45) is 3.66. The molecule has 0 aromatic carbocycles. The summed E-state index contributed by atoms with van der Waals surface area (Å²) in [7, 11) is 1.87. The predicted octanol–water partition coefficient (Wildman–Crippen LogP) is 3.08. The van der Waals surface area contributed by atoms with E-state index in [9.17, 15) is 0 Å². The van der Waals surface area contributed by atoms with Crippen LogP contribution in [0, 0.1) is 0 Å². The average Bonchev–Trinajstić information content (AvgIpc) is 3.11. The predicted molar refractivity (Wildman–Crippen MR) is 81.9 cm³/mol. The van der Waals surface area contributed by atoms with Gasteiger partial charge in [-0.2, -0.15) is 14.7 Å². The molecule has 0 aliphatic carbocycles. The molecule has 4 aromatic rings. The van der Waals surface area contributed by atoms with Crippen LogP contribution in [0.5, 0.6) is 0 Å². The fourth-order valence-corrected chi connectivity index (χ4v) is 4.14. The molecule has 9 heteroatoms. The molecule has 0 radical (unpaired) electrons. The molecule has 4 rings (SSSR count). The molecule has 0 aliphatic heterocycles. The lowest BCUT2D eigenvalue weighted by atomic mass is 10.3. The van der Waals surface area contributed by atoms with E-state index in [0.717, 1.165) is 24.2 Å². The molecule has 0 N–H and O–H groups in total. The molecule has 0 amide bonds. The van der Waals surface area contributed by atoms with Crippen LogP contribution in [0.2, 0.25) is 0 Å². The summed E-state index contributed by atoms with van der Waals surface area (Å²) in [5, 5.41) is 18.1. The largest absolute Gasteiger partial charge is 0.275 e. The number of hydrogen-bond donors (Lipinski definition) is 0. The van der Waals surface area contributed by atoms with Gasteiger partial charge >= 0.3 is 0 Å². The van der Waals surface area contributed by atoms with Gasteiger partial charge in [-0.3, -0.25) is 4.68 Å². The van der Waals surface area contributed by atoms with Crippen LogP contribution in [-0.2, 0) is 7.05 Å². The number of aromatic nitrogens is 6. The molecule has 0 unspecified atom stereocenters. The Bertz CT molecular complexity index is 901. The molecule has 0 spiro atoms. The fraction of sp³-hybridized carbons (Fsp3) is 0.0909. The Hall–Kier alpha value is -1.58. The lowest BCUT2D eigenvalue weighted by Crippen LogP contribution is -1.89. The quantitative estimate of drug-likeness (QED) is 0.546. The Balaban J connectivity index is 1.86. The summed E-state index contributed by atoms with van der Waals surface area (Å²) in [5.41, 5.74) is 0.907. The summed E-state index contributed by atoms with van der Waals surface area (Å²) in [6, 6.07) is 4.06. The summed E-state index contributed by atoms with van der Waals surface area (Å²) in [6.45, 7) is 0. The summed E-state index contributed by atoms with van der Waals surface area (Å²) in [5.74, 6) is 0.714. The molecule has 0 atom stereocenters. The number of rotatable bonds is 2. The van der Waals surface area contributed by atoms with Crippen molar-refractivity contribution in [1.29, 1.82) is 0 Å². The highest BCUT2D eigenvalue weighted by molar-refractivity contribution is 9.11. The van der Waals surface area contributed by atoms with Crippen molar-refractivity contribution in [1.82, 2.24) is 29.6 Å². The maximum Gasteiger partial charge on any atom is 0.235 e. The maximum atomic E-state index is 4.60. The number of thiophene rings is 1. The number of aryl methyl sites for hydroxylation is 1. The van der Waals surface area contributed by atoms with E-state index in [-0.39, 0.29) is 0 Å². The van der Waals surface area contributed by atoms with Crippen molar-refractivity contribution < 1.29 is 0 Å². The van der Waals surface area contributed by atoms with Crippen molar-refractivity contribution in [3.05, 3.63) is 28.3 Å². The Morgan fingerprint density at radius 1 is 1.20 bits per heavy atom. The van der Waals surface area contributed by atoms with E-state index in [0.29, 0.717) is 5.82 Å². The SMILES string of the molecule is Cn1cc(-c2nnc3sc(-c4ccc(Br)s4)nn23)cn1. The second-order valence-corrected chi connectivity index (χ2v) is 7.55. The first-order valence-corrected chi connectivity index (χ1v) is 8.10. The molecular formula is C11H7BrN6S2. The van der Waals surface area contributed by atoms with E-state index in [1.165, 1.54) is 11.3 Å². The van der Waals surface area contributed by atoms with Crippen LogP contribution >= 0.6 is 38.6 Å². The third kappa shape index (κ3) is 1.89. The highest BCUT2D eigenvalue weighted by atomic mass is 79.9. The van der Waals surface area contributed by atoms with Gasteiger partial charge in [-0.15, -0.1) is 21.5 Å². The lowest BCUT2D eigenvalue weighted by molar-refractivity contribution is 0.768. The zero-order valence-corrected chi connectivity index (χ0v) is 13.4. The van der Waals surface area contributed by atoms with Crippen LogP contribution in [0.4, 0.5) is 0 Å². The third-order valence-electron chi connectivity index (χ3n) is 2.74. The molecule has 4 heterocycles. The monoisotopic (exact) mass is 366 g/mol. The first kappa shape index (κ1) is 12.2. The van der Waals surface area contributed by atoms with Crippen molar-refractivity contribution in [2.24, 2.45) is 7.05 Å². The van der Waals surface area contributed by atoms with Gasteiger partial charge in [0.05, 0.1) is 20.4 Å². The van der Waals surface area contributed by atoms with Gasteiger partial charge in [-0.1, -0.05) is 11.3 Å². The Morgan fingerprint density at radius 2 is 2.10 bits per heavy atom. The minimum Gasteiger partial charge on any atom is -0.275 e. The van der Waals surface area contributed by atoms with Crippen LogP contribution < -0.4 is 0 Å². The van der Waals surface area contributed by atoms with E-state index < -0.39 is 0 Å². The van der Waals surface area contributed by atoms with E-state index >= 15 is 0 Å². The van der Waals surface area contributed by atoms with Crippen LogP contribution in [0.25, 0.3) is 26.2 Å². The van der Waals surface area contributed by atoms with Crippen LogP contribution in [0.3, 0.4) is 0 Å². The Morgan fingerprint density at radius 3 is 2.80 bits per heavy atom. The molecule has 0 saturated carbocycles. The Kier molecular flexibility index (Phi) is 2.72. The first-order chi connectivity index (χ1) is 9.70. The Labute approximate surface area is 129 Å². The van der Waals surface area contributed by atoms with Gasteiger partial charge in [-0.05, 0) is 28.1 Å². The molecule has 100 valence electrons. The second kappa shape index (κ2) is 4.47. The highest BCUT2D eigenvalue weighted by Gasteiger charge is 2.16. The van der Waals surface area contributed by atoms with Gasteiger partial charge < -0.3 is 0 Å².